The molecular weight excluding hydrogens is 398 g/mol. The van der Waals surface area contributed by atoms with Crippen LogP contribution in [0.3, 0.4) is 0 Å². The molecule has 7 nitrogen and oxygen atoms in total. The number of hydrogen-bond acceptors (Lipinski definition) is 4. The summed E-state index contributed by atoms with van der Waals surface area (Å²) in [6.07, 6.45) is 0.801. The summed E-state index contributed by atoms with van der Waals surface area (Å²) in [4.78, 5) is 10.8. The lowest BCUT2D eigenvalue weighted by molar-refractivity contribution is 0.598. The summed E-state index contributed by atoms with van der Waals surface area (Å²) in [5.41, 5.74) is 4.61. The van der Waals surface area contributed by atoms with Gasteiger partial charge in [0.25, 0.3) is 10.0 Å². The van der Waals surface area contributed by atoms with Crippen molar-refractivity contribution in [2.45, 2.75) is 32.1 Å². The van der Waals surface area contributed by atoms with Gasteiger partial charge >= 0.3 is 0 Å². The summed E-state index contributed by atoms with van der Waals surface area (Å²) in [6.45, 7) is 6.25. The van der Waals surface area contributed by atoms with Crippen LogP contribution in [0, 0.1) is 20.8 Å². The van der Waals surface area contributed by atoms with E-state index in [1.807, 2.05) is 56.0 Å². The lowest BCUT2D eigenvalue weighted by Gasteiger charge is -2.22. The van der Waals surface area contributed by atoms with Crippen molar-refractivity contribution in [3.05, 3.63) is 77.1 Å². The molecule has 0 bridgehead atoms. The third-order valence-electron chi connectivity index (χ3n) is 4.87. The smallest absolute Gasteiger partial charge is 0.285 e. The number of rotatable bonds is 3. The molecule has 3 aromatic rings. The van der Waals surface area contributed by atoms with Crippen LogP contribution < -0.4 is 10.2 Å². The standard InChI is InChI=1S/C22H23N5O2S/c1-15-8-10-19(11-9-15)30(28,29)26-22(25-21-23-16(2)14-17(3)24-21)27-13-12-18-6-4-5-7-20(18)27/h4-11,14H,12-13H2,1-3H3,(H,23,24,25,26). The van der Waals surface area contributed by atoms with Crippen molar-refractivity contribution in [3.8, 4) is 0 Å². The van der Waals surface area contributed by atoms with Crippen molar-refractivity contribution in [2.75, 3.05) is 16.8 Å². The van der Waals surface area contributed by atoms with E-state index in [1.165, 1.54) is 0 Å². The van der Waals surface area contributed by atoms with E-state index in [0.29, 0.717) is 12.5 Å². The predicted molar refractivity (Wildman–Crippen MR) is 118 cm³/mol. The van der Waals surface area contributed by atoms with Crippen LogP contribution in [0.25, 0.3) is 0 Å². The Morgan fingerprint density at radius 3 is 2.37 bits per heavy atom. The normalized spacial score (nSPS) is 14.0. The fourth-order valence-electron chi connectivity index (χ4n) is 3.46. The second-order valence-corrected chi connectivity index (χ2v) is 8.94. The van der Waals surface area contributed by atoms with E-state index in [9.17, 15) is 8.42 Å². The van der Waals surface area contributed by atoms with Gasteiger partial charge in [-0.3, -0.25) is 5.32 Å². The Morgan fingerprint density at radius 2 is 1.67 bits per heavy atom. The molecule has 0 unspecified atom stereocenters. The molecule has 2 aromatic carbocycles. The zero-order valence-electron chi connectivity index (χ0n) is 17.1. The summed E-state index contributed by atoms with van der Waals surface area (Å²) in [7, 11) is -3.93. The first-order chi connectivity index (χ1) is 14.3. The van der Waals surface area contributed by atoms with E-state index >= 15 is 0 Å². The molecule has 8 heteroatoms. The summed E-state index contributed by atoms with van der Waals surface area (Å²) in [5, 5.41) is 3.06. The van der Waals surface area contributed by atoms with Crippen LogP contribution >= 0.6 is 0 Å². The molecule has 0 atom stereocenters. The minimum absolute atomic E-state index is 0.140. The lowest BCUT2D eigenvalue weighted by atomic mass is 10.2. The van der Waals surface area contributed by atoms with Crippen molar-refractivity contribution in [1.82, 2.24) is 9.97 Å². The number of aromatic nitrogens is 2. The number of fused-ring (bicyclic) bond motifs is 1. The van der Waals surface area contributed by atoms with Gasteiger partial charge in [0.05, 0.1) is 4.90 Å². The van der Waals surface area contributed by atoms with Crippen molar-refractivity contribution in [3.63, 3.8) is 0 Å². The second kappa shape index (κ2) is 7.87. The Labute approximate surface area is 176 Å². The summed E-state index contributed by atoms with van der Waals surface area (Å²) >= 11 is 0. The summed E-state index contributed by atoms with van der Waals surface area (Å²) in [5.74, 6) is 0.500. The van der Waals surface area contributed by atoms with E-state index in [1.54, 1.807) is 24.3 Å². The quantitative estimate of drug-likeness (QED) is 0.513. The molecule has 0 amide bonds. The fourth-order valence-corrected chi connectivity index (χ4v) is 4.41. The monoisotopic (exact) mass is 421 g/mol. The van der Waals surface area contributed by atoms with Crippen LogP contribution in [0.5, 0.6) is 0 Å². The molecule has 0 spiro atoms. The van der Waals surface area contributed by atoms with Crippen LogP contribution in [-0.4, -0.2) is 30.9 Å². The lowest BCUT2D eigenvalue weighted by Crippen LogP contribution is -2.36. The number of benzene rings is 2. The van der Waals surface area contributed by atoms with Gasteiger partial charge in [0.2, 0.25) is 11.9 Å². The van der Waals surface area contributed by atoms with Gasteiger partial charge in [-0.25, -0.2) is 9.97 Å². The molecule has 1 N–H and O–H groups in total. The molecule has 2 heterocycles. The molecule has 1 aliphatic rings. The molecule has 0 aliphatic carbocycles. The second-order valence-electron chi connectivity index (χ2n) is 7.33. The van der Waals surface area contributed by atoms with Gasteiger partial charge in [-0.15, -0.1) is 4.40 Å². The zero-order valence-corrected chi connectivity index (χ0v) is 17.9. The van der Waals surface area contributed by atoms with Crippen molar-refractivity contribution in [2.24, 2.45) is 4.40 Å². The number of anilines is 2. The van der Waals surface area contributed by atoms with E-state index in [2.05, 4.69) is 19.7 Å². The average Bonchev–Trinajstić information content (AvgIpc) is 3.11. The maximum absolute atomic E-state index is 13.1. The number of hydrogen-bond donors (Lipinski definition) is 1. The first kappa shape index (κ1) is 20.0. The van der Waals surface area contributed by atoms with Crippen LogP contribution in [0.2, 0.25) is 0 Å². The molecule has 0 saturated heterocycles. The Kier molecular flexibility index (Phi) is 5.26. The highest BCUT2D eigenvalue weighted by atomic mass is 32.2. The summed E-state index contributed by atoms with van der Waals surface area (Å²) < 4.78 is 30.3. The van der Waals surface area contributed by atoms with E-state index in [4.69, 9.17) is 0 Å². The highest BCUT2D eigenvalue weighted by Gasteiger charge is 2.26. The highest BCUT2D eigenvalue weighted by molar-refractivity contribution is 7.90. The first-order valence-electron chi connectivity index (χ1n) is 9.68. The van der Waals surface area contributed by atoms with Gasteiger partial charge in [-0.1, -0.05) is 35.9 Å². The topological polar surface area (TPSA) is 87.5 Å². The number of sulfonamides is 1. The largest absolute Gasteiger partial charge is 0.311 e. The third-order valence-corrected chi connectivity index (χ3v) is 6.16. The molecular formula is C22H23N5O2S. The molecule has 4 rings (SSSR count). The van der Waals surface area contributed by atoms with Crippen molar-refractivity contribution >= 4 is 27.6 Å². The number of aryl methyl sites for hydroxylation is 3. The van der Waals surface area contributed by atoms with E-state index < -0.39 is 10.0 Å². The minimum Gasteiger partial charge on any atom is -0.311 e. The third kappa shape index (κ3) is 4.18. The van der Waals surface area contributed by atoms with Crippen molar-refractivity contribution in [1.29, 1.82) is 0 Å². The maximum Gasteiger partial charge on any atom is 0.285 e. The number of nitrogens with one attached hydrogen (secondary N) is 1. The Bertz CT molecular complexity index is 1200. The molecule has 1 aliphatic heterocycles. The van der Waals surface area contributed by atoms with Crippen LogP contribution in [0.1, 0.15) is 22.5 Å². The molecule has 154 valence electrons. The zero-order chi connectivity index (χ0) is 21.3. The van der Waals surface area contributed by atoms with Crippen LogP contribution in [0.15, 0.2) is 63.9 Å². The molecule has 0 radical (unpaired) electrons. The van der Waals surface area contributed by atoms with E-state index in [-0.39, 0.29) is 10.9 Å². The summed E-state index contributed by atoms with van der Waals surface area (Å²) in [6, 6.07) is 16.4. The van der Waals surface area contributed by atoms with Crippen LogP contribution in [0.4, 0.5) is 11.6 Å². The number of nitrogens with zero attached hydrogens (tertiary/aromatic N) is 4. The fraction of sp³-hybridized carbons (Fsp3) is 0.227. The van der Waals surface area contributed by atoms with Gasteiger partial charge < -0.3 is 4.90 Å². The number of para-hydroxylation sites is 1. The van der Waals surface area contributed by atoms with Gasteiger partial charge in [-0.05, 0) is 57.0 Å². The predicted octanol–water partition coefficient (Wildman–Crippen LogP) is 3.62. The highest BCUT2D eigenvalue weighted by Crippen LogP contribution is 2.28. The molecule has 1 aromatic heterocycles. The SMILES string of the molecule is Cc1ccc(S(=O)(=O)N=C(Nc2nc(C)cc(C)n2)N2CCc3ccccc32)cc1. The average molecular weight is 422 g/mol. The molecule has 30 heavy (non-hydrogen) atoms. The van der Waals surface area contributed by atoms with Crippen LogP contribution in [-0.2, 0) is 16.4 Å². The minimum atomic E-state index is -3.93. The van der Waals surface area contributed by atoms with Crippen molar-refractivity contribution < 1.29 is 8.42 Å². The number of guanidine groups is 1. The van der Waals surface area contributed by atoms with Gasteiger partial charge in [0, 0.05) is 23.6 Å². The molecule has 0 fully saturated rings. The van der Waals surface area contributed by atoms with E-state index in [0.717, 1.165) is 34.6 Å². The van der Waals surface area contributed by atoms with Gasteiger partial charge in [0.1, 0.15) is 0 Å². The first-order valence-corrected chi connectivity index (χ1v) is 11.1. The Balaban J connectivity index is 1.79. The molecule has 0 saturated carbocycles. The van der Waals surface area contributed by atoms with Gasteiger partial charge in [0.15, 0.2) is 0 Å². The van der Waals surface area contributed by atoms with Gasteiger partial charge in [-0.2, -0.15) is 8.42 Å². The maximum atomic E-state index is 13.1. The Hall–Kier alpha value is -3.26. The Morgan fingerprint density at radius 1 is 1.00 bits per heavy atom.